The van der Waals surface area contributed by atoms with Crippen LogP contribution in [0.4, 0.5) is 0 Å². The second-order valence-corrected chi connectivity index (χ2v) is 6.22. The van der Waals surface area contributed by atoms with Gasteiger partial charge in [-0.15, -0.1) is 11.3 Å². The summed E-state index contributed by atoms with van der Waals surface area (Å²) in [6.45, 7) is 7.46. The van der Waals surface area contributed by atoms with Gasteiger partial charge in [-0.05, 0) is 33.7 Å². The highest BCUT2D eigenvalue weighted by molar-refractivity contribution is 7.12. The van der Waals surface area contributed by atoms with Crippen LogP contribution in [0.2, 0.25) is 0 Å². The molecule has 1 aromatic heterocycles. The Morgan fingerprint density at radius 2 is 1.95 bits per heavy atom. The maximum Gasteiger partial charge on any atom is 0.125 e. The van der Waals surface area contributed by atoms with Gasteiger partial charge in [-0.3, -0.25) is 0 Å². The van der Waals surface area contributed by atoms with E-state index < -0.39 is 0 Å². The third-order valence-electron chi connectivity index (χ3n) is 3.14. The summed E-state index contributed by atoms with van der Waals surface area (Å²) in [7, 11) is 0. The van der Waals surface area contributed by atoms with Crippen LogP contribution in [0.5, 0.6) is 0 Å². The van der Waals surface area contributed by atoms with Crippen molar-refractivity contribution in [3.63, 3.8) is 0 Å². The zero-order valence-electron chi connectivity index (χ0n) is 12.3. The number of hydrogen-bond donors (Lipinski definition) is 1. The maximum atomic E-state index is 5.81. The molecule has 0 radical (unpaired) electrons. The summed E-state index contributed by atoms with van der Waals surface area (Å²) in [5.74, 6) is 0. The molecular weight excluding hydrogens is 268 g/mol. The molecule has 20 heavy (non-hydrogen) atoms. The first-order valence-electron chi connectivity index (χ1n) is 6.98. The molecular formula is C16H22N2OS. The van der Waals surface area contributed by atoms with Crippen molar-refractivity contribution in [3.8, 4) is 11.3 Å². The van der Waals surface area contributed by atoms with Crippen molar-refractivity contribution in [2.24, 2.45) is 5.73 Å². The topological polar surface area (TPSA) is 48.1 Å². The lowest BCUT2D eigenvalue weighted by atomic mass is 10.1. The maximum absolute atomic E-state index is 5.81. The average Bonchev–Trinajstić information content (AvgIpc) is 2.85. The average molecular weight is 290 g/mol. The van der Waals surface area contributed by atoms with Crippen molar-refractivity contribution < 1.29 is 4.74 Å². The van der Waals surface area contributed by atoms with Crippen LogP contribution < -0.4 is 5.73 Å². The summed E-state index contributed by atoms with van der Waals surface area (Å²) in [6.07, 6.45) is 0.851. The number of benzene rings is 1. The normalized spacial score (nSPS) is 11.8. The number of nitrogens with zero attached hydrogens (tertiary/aromatic N) is 1. The van der Waals surface area contributed by atoms with Gasteiger partial charge in [-0.2, -0.15) is 0 Å². The van der Waals surface area contributed by atoms with Crippen LogP contribution in [0.25, 0.3) is 11.3 Å². The van der Waals surface area contributed by atoms with Gasteiger partial charge in [0.15, 0.2) is 0 Å². The summed E-state index contributed by atoms with van der Waals surface area (Å²) in [6, 6.07) is 10.3. The van der Waals surface area contributed by atoms with Gasteiger partial charge < -0.3 is 10.5 Å². The molecule has 0 bridgehead atoms. The number of ether oxygens (including phenoxy) is 1. The van der Waals surface area contributed by atoms with Crippen molar-refractivity contribution in [1.82, 2.24) is 4.98 Å². The summed E-state index contributed by atoms with van der Waals surface area (Å²) in [5, 5.41) is 1.02. The van der Waals surface area contributed by atoms with Gasteiger partial charge in [0.25, 0.3) is 0 Å². The summed E-state index contributed by atoms with van der Waals surface area (Å²) < 4.78 is 5.81. The standard InChI is InChI=1S/C16H22N2OS/c1-4-19-16(2,3)15-18-14(13(20-15)10-11-17)12-8-6-5-7-9-12/h5-9H,4,10-11,17H2,1-3H3. The molecule has 0 saturated carbocycles. The van der Waals surface area contributed by atoms with Crippen molar-refractivity contribution in [2.45, 2.75) is 32.8 Å². The van der Waals surface area contributed by atoms with Gasteiger partial charge in [-0.25, -0.2) is 4.98 Å². The minimum absolute atomic E-state index is 0.351. The minimum Gasteiger partial charge on any atom is -0.369 e. The first-order valence-corrected chi connectivity index (χ1v) is 7.79. The summed E-state index contributed by atoms with van der Waals surface area (Å²) in [4.78, 5) is 6.06. The van der Waals surface area contributed by atoms with E-state index in [0.29, 0.717) is 13.2 Å². The van der Waals surface area contributed by atoms with Crippen LogP contribution in [-0.2, 0) is 16.8 Å². The Hall–Kier alpha value is -1.23. The Morgan fingerprint density at radius 1 is 1.25 bits per heavy atom. The van der Waals surface area contributed by atoms with Gasteiger partial charge in [0.2, 0.25) is 0 Å². The highest BCUT2D eigenvalue weighted by atomic mass is 32.1. The fourth-order valence-electron chi connectivity index (χ4n) is 2.15. The largest absolute Gasteiger partial charge is 0.369 e. The second kappa shape index (κ2) is 6.48. The number of aromatic nitrogens is 1. The Morgan fingerprint density at radius 3 is 2.55 bits per heavy atom. The van der Waals surface area contributed by atoms with E-state index >= 15 is 0 Å². The lowest BCUT2D eigenvalue weighted by Crippen LogP contribution is -2.21. The molecule has 0 atom stereocenters. The van der Waals surface area contributed by atoms with E-state index in [2.05, 4.69) is 26.0 Å². The van der Waals surface area contributed by atoms with Crippen molar-refractivity contribution >= 4 is 11.3 Å². The molecule has 0 spiro atoms. The van der Waals surface area contributed by atoms with Gasteiger partial charge in [0.1, 0.15) is 10.6 Å². The van der Waals surface area contributed by atoms with Crippen molar-refractivity contribution in [1.29, 1.82) is 0 Å². The van der Waals surface area contributed by atoms with E-state index in [-0.39, 0.29) is 5.60 Å². The van der Waals surface area contributed by atoms with Crippen LogP contribution in [0, 0.1) is 0 Å². The van der Waals surface area contributed by atoms with E-state index in [1.165, 1.54) is 4.88 Å². The van der Waals surface area contributed by atoms with Gasteiger partial charge in [0.05, 0.1) is 5.69 Å². The van der Waals surface area contributed by atoms with Crippen LogP contribution in [0.1, 0.15) is 30.7 Å². The molecule has 1 heterocycles. The molecule has 108 valence electrons. The molecule has 4 heteroatoms. The lowest BCUT2D eigenvalue weighted by molar-refractivity contribution is -0.0141. The monoisotopic (exact) mass is 290 g/mol. The molecule has 0 fully saturated rings. The van der Waals surface area contributed by atoms with Crippen LogP contribution >= 0.6 is 11.3 Å². The fourth-order valence-corrected chi connectivity index (χ4v) is 3.31. The number of hydrogen-bond acceptors (Lipinski definition) is 4. The molecule has 2 N–H and O–H groups in total. The molecule has 0 amide bonds. The molecule has 2 aromatic rings. The van der Waals surface area contributed by atoms with Gasteiger partial charge >= 0.3 is 0 Å². The molecule has 1 aromatic carbocycles. The Bertz CT molecular complexity index is 549. The molecule has 0 aliphatic heterocycles. The quantitative estimate of drug-likeness (QED) is 0.884. The van der Waals surface area contributed by atoms with Crippen LogP contribution in [0.15, 0.2) is 30.3 Å². The van der Waals surface area contributed by atoms with Gasteiger partial charge in [0, 0.05) is 17.0 Å². The Kier molecular flexibility index (Phi) is 4.91. The number of nitrogens with two attached hydrogens (primary N) is 1. The van der Waals surface area contributed by atoms with Crippen molar-refractivity contribution in [2.75, 3.05) is 13.2 Å². The highest BCUT2D eigenvalue weighted by Crippen LogP contribution is 2.35. The third-order valence-corrected chi connectivity index (χ3v) is 4.56. The smallest absolute Gasteiger partial charge is 0.125 e. The van der Waals surface area contributed by atoms with Crippen LogP contribution in [0.3, 0.4) is 0 Å². The second-order valence-electron chi connectivity index (χ2n) is 5.14. The molecule has 3 nitrogen and oxygen atoms in total. The molecule has 2 rings (SSSR count). The molecule has 0 aliphatic rings. The molecule has 0 unspecified atom stereocenters. The Balaban J connectivity index is 2.44. The third kappa shape index (κ3) is 3.26. The number of rotatable bonds is 6. The van der Waals surface area contributed by atoms with Gasteiger partial charge in [-0.1, -0.05) is 30.3 Å². The summed E-state index contributed by atoms with van der Waals surface area (Å²) >= 11 is 1.71. The van der Waals surface area contributed by atoms with E-state index in [0.717, 1.165) is 22.7 Å². The highest BCUT2D eigenvalue weighted by Gasteiger charge is 2.26. The zero-order valence-corrected chi connectivity index (χ0v) is 13.2. The number of thiazole rings is 1. The van der Waals surface area contributed by atoms with Crippen molar-refractivity contribution in [3.05, 3.63) is 40.2 Å². The first-order chi connectivity index (χ1) is 9.58. The minimum atomic E-state index is -0.351. The first kappa shape index (κ1) is 15.2. The SMILES string of the molecule is CCOC(C)(C)c1nc(-c2ccccc2)c(CCN)s1. The Labute approximate surface area is 124 Å². The predicted molar refractivity (Wildman–Crippen MR) is 85.0 cm³/mol. The predicted octanol–water partition coefficient (Wildman–Crippen LogP) is 3.58. The molecule has 0 aliphatic carbocycles. The summed E-state index contributed by atoms with van der Waals surface area (Å²) in [5.41, 5.74) is 7.57. The fraction of sp³-hybridized carbons (Fsp3) is 0.438. The molecule has 0 saturated heterocycles. The van der Waals surface area contributed by atoms with E-state index in [1.54, 1.807) is 11.3 Å². The lowest BCUT2D eigenvalue weighted by Gasteiger charge is -2.21. The zero-order chi connectivity index (χ0) is 14.6. The van der Waals surface area contributed by atoms with E-state index in [4.69, 9.17) is 15.5 Å². The van der Waals surface area contributed by atoms with E-state index in [1.807, 2.05) is 25.1 Å². The van der Waals surface area contributed by atoms with E-state index in [9.17, 15) is 0 Å². The van der Waals surface area contributed by atoms with Crippen LogP contribution in [-0.4, -0.2) is 18.1 Å².